The Kier molecular flexibility index (Phi) is 4.66. The number of aryl methyl sites for hydroxylation is 1. The summed E-state index contributed by atoms with van der Waals surface area (Å²) >= 11 is 0. The minimum absolute atomic E-state index is 0.232. The molecule has 0 radical (unpaired) electrons. The number of hydrogen-bond donors (Lipinski definition) is 1. The molecule has 0 saturated heterocycles. The molecule has 114 valence electrons. The van der Waals surface area contributed by atoms with Gasteiger partial charge in [0.05, 0.1) is 0 Å². The van der Waals surface area contributed by atoms with Crippen LogP contribution in [0.1, 0.15) is 50.9 Å². The fourth-order valence-electron chi connectivity index (χ4n) is 2.57. The second kappa shape index (κ2) is 6.29. The Morgan fingerprint density at radius 1 is 1.33 bits per heavy atom. The Morgan fingerprint density at radius 2 is 2.05 bits per heavy atom. The summed E-state index contributed by atoms with van der Waals surface area (Å²) in [6.45, 7) is 9.16. The maximum Gasteiger partial charge on any atom is 0.131 e. The van der Waals surface area contributed by atoms with Gasteiger partial charge in [-0.2, -0.15) is 0 Å². The third kappa shape index (κ3) is 3.09. The summed E-state index contributed by atoms with van der Waals surface area (Å²) in [7, 11) is 0. The minimum Gasteiger partial charge on any atom is -0.383 e. The summed E-state index contributed by atoms with van der Waals surface area (Å²) < 4.78 is 15.4. The molecule has 21 heavy (non-hydrogen) atoms. The van der Waals surface area contributed by atoms with Crippen LogP contribution < -0.4 is 5.73 Å². The van der Waals surface area contributed by atoms with Crippen LogP contribution in [0, 0.1) is 12.7 Å². The number of nitrogens with zero attached hydrogens (tertiary/aromatic N) is 2. The summed E-state index contributed by atoms with van der Waals surface area (Å²) in [5.74, 6) is 1.75. The second-order valence-electron chi connectivity index (χ2n) is 5.82. The summed E-state index contributed by atoms with van der Waals surface area (Å²) in [6, 6.07) is 4.74. The highest BCUT2D eigenvalue weighted by atomic mass is 19.1. The molecule has 0 spiro atoms. The van der Waals surface area contributed by atoms with Gasteiger partial charge in [0.1, 0.15) is 23.2 Å². The SMILES string of the molecule is CCCCn1c(C(C)C)nc(-c2ccc(F)cc2C)c1N. The van der Waals surface area contributed by atoms with E-state index in [1.807, 2.05) is 6.92 Å². The summed E-state index contributed by atoms with van der Waals surface area (Å²) in [5.41, 5.74) is 8.87. The molecule has 0 unspecified atom stereocenters. The molecule has 2 aromatic rings. The van der Waals surface area contributed by atoms with Crippen LogP contribution in [-0.4, -0.2) is 9.55 Å². The zero-order chi connectivity index (χ0) is 15.6. The van der Waals surface area contributed by atoms with Crippen LogP contribution >= 0.6 is 0 Å². The molecule has 1 aromatic carbocycles. The summed E-state index contributed by atoms with van der Waals surface area (Å²) in [6.07, 6.45) is 2.18. The van der Waals surface area contributed by atoms with Crippen LogP contribution in [0.4, 0.5) is 10.2 Å². The fraction of sp³-hybridized carbons (Fsp3) is 0.471. The first-order valence-corrected chi connectivity index (χ1v) is 7.58. The number of aromatic nitrogens is 2. The highest BCUT2D eigenvalue weighted by molar-refractivity contribution is 5.73. The number of unbranched alkanes of at least 4 members (excludes halogenated alkanes) is 1. The Morgan fingerprint density at radius 3 is 2.62 bits per heavy atom. The van der Waals surface area contributed by atoms with Gasteiger partial charge in [0.25, 0.3) is 0 Å². The molecule has 3 nitrogen and oxygen atoms in total. The van der Waals surface area contributed by atoms with E-state index in [1.54, 1.807) is 6.07 Å². The predicted molar refractivity (Wildman–Crippen MR) is 85.8 cm³/mol. The molecular formula is C17H24FN3. The molecule has 0 bridgehead atoms. The van der Waals surface area contributed by atoms with Crippen molar-refractivity contribution in [2.24, 2.45) is 0 Å². The summed E-state index contributed by atoms with van der Waals surface area (Å²) in [5, 5.41) is 0. The first kappa shape index (κ1) is 15.5. The number of benzene rings is 1. The van der Waals surface area contributed by atoms with Gasteiger partial charge < -0.3 is 10.3 Å². The van der Waals surface area contributed by atoms with Crippen LogP contribution in [0.3, 0.4) is 0 Å². The van der Waals surface area contributed by atoms with Crippen molar-refractivity contribution in [1.82, 2.24) is 9.55 Å². The van der Waals surface area contributed by atoms with Gasteiger partial charge in [-0.05, 0) is 37.1 Å². The molecule has 0 fully saturated rings. The highest BCUT2D eigenvalue weighted by Gasteiger charge is 2.19. The van der Waals surface area contributed by atoms with Crippen molar-refractivity contribution in [3.05, 3.63) is 35.4 Å². The Hall–Kier alpha value is -1.84. The standard InChI is InChI=1S/C17H24FN3/c1-5-6-9-21-16(19)15(20-17(21)11(2)3)14-8-7-13(18)10-12(14)4/h7-8,10-11H,5-6,9,19H2,1-4H3. The quantitative estimate of drug-likeness (QED) is 0.880. The van der Waals surface area contributed by atoms with E-state index in [4.69, 9.17) is 10.7 Å². The number of halogens is 1. The lowest BCUT2D eigenvalue weighted by Crippen LogP contribution is -2.08. The Bertz CT molecular complexity index is 629. The van der Waals surface area contributed by atoms with Gasteiger partial charge in [0, 0.05) is 18.0 Å². The molecule has 2 rings (SSSR count). The molecule has 0 atom stereocenters. The van der Waals surface area contributed by atoms with Gasteiger partial charge in [-0.3, -0.25) is 0 Å². The molecule has 2 N–H and O–H groups in total. The van der Waals surface area contributed by atoms with Gasteiger partial charge in [0.2, 0.25) is 0 Å². The Labute approximate surface area is 126 Å². The van der Waals surface area contributed by atoms with Crippen molar-refractivity contribution in [3.8, 4) is 11.3 Å². The number of hydrogen-bond acceptors (Lipinski definition) is 2. The van der Waals surface area contributed by atoms with E-state index < -0.39 is 0 Å². The lowest BCUT2D eigenvalue weighted by molar-refractivity contribution is 0.588. The van der Waals surface area contributed by atoms with Crippen molar-refractivity contribution in [2.75, 3.05) is 5.73 Å². The molecule has 1 aromatic heterocycles. The Balaban J connectivity index is 2.54. The zero-order valence-corrected chi connectivity index (χ0v) is 13.3. The summed E-state index contributed by atoms with van der Waals surface area (Å²) in [4.78, 5) is 4.74. The number of anilines is 1. The first-order chi connectivity index (χ1) is 9.95. The number of imidazole rings is 1. The van der Waals surface area contributed by atoms with Crippen molar-refractivity contribution < 1.29 is 4.39 Å². The van der Waals surface area contributed by atoms with E-state index in [0.717, 1.165) is 42.0 Å². The molecule has 0 amide bonds. The average molecular weight is 289 g/mol. The monoisotopic (exact) mass is 289 g/mol. The van der Waals surface area contributed by atoms with Crippen LogP contribution in [0.25, 0.3) is 11.3 Å². The van der Waals surface area contributed by atoms with Gasteiger partial charge in [-0.15, -0.1) is 0 Å². The van der Waals surface area contributed by atoms with E-state index in [9.17, 15) is 4.39 Å². The van der Waals surface area contributed by atoms with Crippen molar-refractivity contribution in [3.63, 3.8) is 0 Å². The maximum atomic E-state index is 13.3. The van der Waals surface area contributed by atoms with Crippen LogP contribution in [0.5, 0.6) is 0 Å². The lowest BCUT2D eigenvalue weighted by Gasteiger charge is -2.11. The average Bonchev–Trinajstić information content (AvgIpc) is 2.74. The van der Waals surface area contributed by atoms with E-state index in [1.165, 1.54) is 12.1 Å². The maximum absolute atomic E-state index is 13.3. The van der Waals surface area contributed by atoms with Crippen LogP contribution in [-0.2, 0) is 6.54 Å². The van der Waals surface area contributed by atoms with E-state index >= 15 is 0 Å². The fourth-order valence-corrected chi connectivity index (χ4v) is 2.57. The van der Waals surface area contributed by atoms with Crippen LogP contribution in [0.2, 0.25) is 0 Å². The van der Waals surface area contributed by atoms with Gasteiger partial charge in [-0.25, -0.2) is 9.37 Å². The highest BCUT2D eigenvalue weighted by Crippen LogP contribution is 2.32. The van der Waals surface area contributed by atoms with Gasteiger partial charge in [-0.1, -0.05) is 27.2 Å². The molecule has 1 heterocycles. The largest absolute Gasteiger partial charge is 0.383 e. The van der Waals surface area contributed by atoms with Crippen LogP contribution in [0.15, 0.2) is 18.2 Å². The number of rotatable bonds is 5. The van der Waals surface area contributed by atoms with Gasteiger partial charge >= 0.3 is 0 Å². The molecule has 0 aliphatic heterocycles. The molecular weight excluding hydrogens is 265 g/mol. The smallest absolute Gasteiger partial charge is 0.131 e. The zero-order valence-electron chi connectivity index (χ0n) is 13.3. The second-order valence-corrected chi connectivity index (χ2v) is 5.82. The van der Waals surface area contributed by atoms with E-state index in [2.05, 4.69) is 25.3 Å². The molecule has 0 aliphatic rings. The predicted octanol–water partition coefficient (Wildman–Crippen LogP) is 4.50. The number of nitrogen functional groups attached to an aromatic ring is 1. The lowest BCUT2D eigenvalue weighted by atomic mass is 10.1. The number of nitrogens with two attached hydrogens (primary N) is 1. The van der Waals surface area contributed by atoms with E-state index in [-0.39, 0.29) is 5.82 Å². The normalized spacial score (nSPS) is 11.3. The first-order valence-electron chi connectivity index (χ1n) is 7.58. The van der Waals surface area contributed by atoms with Crippen molar-refractivity contribution in [1.29, 1.82) is 0 Å². The van der Waals surface area contributed by atoms with Crippen molar-refractivity contribution >= 4 is 5.82 Å². The topological polar surface area (TPSA) is 43.8 Å². The molecule has 4 heteroatoms. The molecule has 0 aliphatic carbocycles. The minimum atomic E-state index is -0.232. The third-order valence-electron chi connectivity index (χ3n) is 3.73. The van der Waals surface area contributed by atoms with E-state index in [0.29, 0.717) is 11.7 Å². The third-order valence-corrected chi connectivity index (χ3v) is 3.73. The van der Waals surface area contributed by atoms with Crippen molar-refractivity contribution in [2.45, 2.75) is 53.0 Å². The van der Waals surface area contributed by atoms with Gasteiger partial charge in [0.15, 0.2) is 0 Å². The molecule has 0 saturated carbocycles.